The van der Waals surface area contributed by atoms with Gasteiger partial charge in [0.15, 0.2) is 0 Å². The smallest absolute Gasteiger partial charge is 0.0544 e. The van der Waals surface area contributed by atoms with Crippen molar-refractivity contribution in [2.24, 2.45) is 0 Å². The van der Waals surface area contributed by atoms with Gasteiger partial charge in [0.25, 0.3) is 0 Å². The summed E-state index contributed by atoms with van der Waals surface area (Å²) >= 11 is 0. The first-order valence-corrected chi connectivity index (χ1v) is 5.28. The van der Waals surface area contributed by atoms with Crippen LogP contribution in [0, 0.1) is 0 Å². The van der Waals surface area contributed by atoms with E-state index in [-0.39, 0.29) is 0 Å². The van der Waals surface area contributed by atoms with E-state index in [4.69, 9.17) is 0 Å². The fraction of sp³-hybridized carbons (Fsp3) is 0.583. The van der Waals surface area contributed by atoms with E-state index in [1.54, 1.807) is 0 Å². The summed E-state index contributed by atoms with van der Waals surface area (Å²) in [4.78, 5) is 4.33. The Balaban J connectivity index is 2.64. The summed E-state index contributed by atoms with van der Waals surface area (Å²) in [6.45, 7) is 9.56. The van der Waals surface area contributed by atoms with Gasteiger partial charge in [-0.15, -0.1) is 0 Å². The summed E-state index contributed by atoms with van der Waals surface area (Å²) in [5.74, 6) is 0.579. The van der Waals surface area contributed by atoms with Crippen molar-refractivity contribution in [3.8, 4) is 0 Å². The number of hydrogen-bond acceptors (Lipinski definition) is 2. The third-order valence-electron chi connectivity index (χ3n) is 2.20. The highest BCUT2D eigenvalue weighted by molar-refractivity contribution is 5.19. The third kappa shape index (κ3) is 3.46. The molecule has 0 saturated carbocycles. The Labute approximate surface area is 86.8 Å². The van der Waals surface area contributed by atoms with Gasteiger partial charge in [-0.1, -0.05) is 27.7 Å². The highest BCUT2D eigenvalue weighted by atomic mass is 14.9. The van der Waals surface area contributed by atoms with E-state index in [0.717, 1.165) is 12.2 Å². The maximum Gasteiger partial charge on any atom is 0.0544 e. The summed E-state index contributed by atoms with van der Waals surface area (Å²) in [5.41, 5.74) is 2.49. The molecule has 0 unspecified atom stereocenters. The van der Waals surface area contributed by atoms with Gasteiger partial charge in [0.05, 0.1) is 5.69 Å². The maximum absolute atomic E-state index is 4.33. The lowest BCUT2D eigenvalue weighted by Crippen LogP contribution is -2.22. The molecule has 1 aromatic heterocycles. The topological polar surface area (TPSA) is 24.9 Å². The average Bonchev–Trinajstić information content (AvgIpc) is 2.15. The second-order valence-electron chi connectivity index (χ2n) is 4.27. The molecule has 14 heavy (non-hydrogen) atoms. The number of nitrogens with one attached hydrogen (secondary N) is 1. The van der Waals surface area contributed by atoms with Crippen LogP contribution < -0.4 is 5.32 Å². The van der Waals surface area contributed by atoms with Crippen LogP contribution in [-0.4, -0.2) is 11.0 Å². The number of hydrogen-bond donors (Lipinski definition) is 1. The Morgan fingerprint density at radius 1 is 1.29 bits per heavy atom. The Morgan fingerprint density at radius 3 is 2.57 bits per heavy atom. The molecule has 0 atom stereocenters. The third-order valence-corrected chi connectivity index (χ3v) is 2.20. The molecule has 0 spiro atoms. The van der Waals surface area contributed by atoms with E-state index in [0.29, 0.717) is 12.0 Å². The average molecular weight is 192 g/mol. The lowest BCUT2D eigenvalue weighted by atomic mass is 10.0. The van der Waals surface area contributed by atoms with E-state index >= 15 is 0 Å². The lowest BCUT2D eigenvalue weighted by Gasteiger charge is -2.10. The zero-order valence-corrected chi connectivity index (χ0v) is 9.54. The molecule has 0 saturated heterocycles. The molecular formula is C12H20N2. The molecule has 0 fully saturated rings. The van der Waals surface area contributed by atoms with Gasteiger partial charge in [-0.2, -0.15) is 0 Å². The molecule has 2 heteroatoms. The first kappa shape index (κ1) is 11.2. The van der Waals surface area contributed by atoms with Gasteiger partial charge in [0, 0.05) is 18.8 Å². The first-order valence-electron chi connectivity index (χ1n) is 5.28. The predicted octanol–water partition coefficient (Wildman–Crippen LogP) is 2.70. The quantitative estimate of drug-likeness (QED) is 0.793. The van der Waals surface area contributed by atoms with E-state index < -0.39 is 0 Å². The van der Waals surface area contributed by atoms with Crippen LogP contribution in [0.15, 0.2) is 18.3 Å². The Morgan fingerprint density at radius 2 is 2.00 bits per heavy atom. The molecule has 0 aliphatic rings. The monoisotopic (exact) mass is 192 g/mol. The van der Waals surface area contributed by atoms with Gasteiger partial charge in [0.2, 0.25) is 0 Å². The standard InChI is InChI=1S/C12H20N2/c1-9(2)11-5-6-13-12(7-11)8-14-10(3)4/h5-7,9-10,14H,8H2,1-4H3. The van der Waals surface area contributed by atoms with Crippen LogP contribution in [0.5, 0.6) is 0 Å². The van der Waals surface area contributed by atoms with E-state index in [9.17, 15) is 0 Å². The maximum atomic E-state index is 4.33. The van der Waals surface area contributed by atoms with Crippen LogP contribution in [0.1, 0.15) is 44.9 Å². The molecule has 1 rings (SSSR count). The van der Waals surface area contributed by atoms with Gasteiger partial charge >= 0.3 is 0 Å². The van der Waals surface area contributed by atoms with E-state index in [2.05, 4.69) is 50.1 Å². The normalized spacial score (nSPS) is 11.3. The zero-order valence-electron chi connectivity index (χ0n) is 9.54. The second-order valence-corrected chi connectivity index (χ2v) is 4.27. The minimum absolute atomic E-state index is 0.513. The molecule has 78 valence electrons. The van der Waals surface area contributed by atoms with E-state index in [1.807, 2.05) is 6.20 Å². The molecule has 1 N–H and O–H groups in total. The van der Waals surface area contributed by atoms with Crippen LogP contribution in [0.4, 0.5) is 0 Å². The summed E-state index contributed by atoms with van der Waals surface area (Å²) in [6, 6.07) is 4.78. The highest BCUT2D eigenvalue weighted by Gasteiger charge is 2.01. The minimum atomic E-state index is 0.513. The van der Waals surface area contributed by atoms with Gasteiger partial charge in [-0.3, -0.25) is 4.98 Å². The molecule has 0 aromatic carbocycles. The van der Waals surface area contributed by atoms with E-state index in [1.165, 1.54) is 5.56 Å². The molecular weight excluding hydrogens is 172 g/mol. The van der Waals surface area contributed by atoms with Crippen molar-refractivity contribution in [2.75, 3.05) is 0 Å². The number of pyridine rings is 1. The molecule has 0 aliphatic carbocycles. The molecule has 1 heterocycles. The van der Waals surface area contributed by atoms with Crippen LogP contribution >= 0.6 is 0 Å². The van der Waals surface area contributed by atoms with Gasteiger partial charge < -0.3 is 5.32 Å². The SMILES string of the molecule is CC(C)NCc1cc(C(C)C)ccn1. The highest BCUT2D eigenvalue weighted by Crippen LogP contribution is 2.13. The molecule has 0 aliphatic heterocycles. The minimum Gasteiger partial charge on any atom is -0.309 e. The van der Waals surface area contributed by atoms with Crippen LogP contribution in [-0.2, 0) is 6.54 Å². The predicted molar refractivity (Wildman–Crippen MR) is 60.3 cm³/mol. The molecule has 2 nitrogen and oxygen atoms in total. The summed E-state index contributed by atoms with van der Waals surface area (Å²) in [5, 5.41) is 3.37. The van der Waals surface area contributed by atoms with Crippen molar-refractivity contribution in [1.82, 2.24) is 10.3 Å². The zero-order chi connectivity index (χ0) is 10.6. The van der Waals surface area contributed by atoms with Crippen molar-refractivity contribution >= 4 is 0 Å². The summed E-state index contributed by atoms with van der Waals surface area (Å²) in [7, 11) is 0. The number of nitrogens with zero attached hydrogens (tertiary/aromatic N) is 1. The Hall–Kier alpha value is -0.890. The fourth-order valence-electron chi connectivity index (χ4n) is 1.26. The number of rotatable bonds is 4. The van der Waals surface area contributed by atoms with Crippen molar-refractivity contribution in [1.29, 1.82) is 0 Å². The molecule has 0 amide bonds. The van der Waals surface area contributed by atoms with Crippen molar-refractivity contribution in [2.45, 2.75) is 46.2 Å². The summed E-state index contributed by atoms with van der Waals surface area (Å²) < 4.78 is 0. The van der Waals surface area contributed by atoms with Crippen molar-refractivity contribution in [3.63, 3.8) is 0 Å². The molecule has 0 bridgehead atoms. The summed E-state index contributed by atoms with van der Waals surface area (Å²) in [6.07, 6.45) is 1.90. The Bertz CT molecular complexity index is 279. The lowest BCUT2D eigenvalue weighted by molar-refractivity contribution is 0.580. The number of aromatic nitrogens is 1. The van der Waals surface area contributed by atoms with Gasteiger partial charge in [-0.05, 0) is 23.6 Å². The van der Waals surface area contributed by atoms with Crippen LogP contribution in [0.3, 0.4) is 0 Å². The Kier molecular flexibility index (Phi) is 4.08. The largest absolute Gasteiger partial charge is 0.309 e. The first-order chi connectivity index (χ1) is 6.59. The fourth-order valence-corrected chi connectivity index (χ4v) is 1.26. The van der Waals surface area contributed by atoms with Crippen molar-refractivity contribution in [3.05, 3.63) is 29.6 Å². The van der Waals surface area contributed by atoms with Crippen molar-refractivity contribution < 1.29 is 0 Å². The van der Waals surface area contributed by atoms with Crippen LogP contribution in [0.2, 0.25) is 0 Å². The van der Waals surface area contributed by atoms with Gasteiger partial charge in [0.1, 0.15) is 0 Å². The molecule has 0 radical (unpaired) electrons. The van der Waals surface area contributed by atoms with Gasteiger partial charge in [-0.25, -0.2) is 0 Å². The van der Waals surface area contributed by atoms with Crippen LogP contribution in [0.25, 0.3) is 0 Å². The second kappa shape index (κ2) is 5.11. The molecule has 1 aromatic rings.